The molecule has 0 amide bonds. The monoisotopic (exact) mass is 261 g/mol. The first kappa shape index (κ1) is 13.7. The number of ether oxygens (including phenoxy) is 1. The molecule has 1 aromatic rings. The van der Waals surface area contributed by atoms with Crippen molar-refractivity contribution in [3.63, 3.8) is 0 Å². The molecule has 4 heteroatoms. The van der Waals surface area contributed by atoms with Crippen molar-refractivity contribution in [1.82, 2.24) is 4.90 Å². The molecule has 2 unspecified atom stereocenters. The normalized spacial score (nSPS) is 24.2. The zero-order chi connectivity index (χ0) is 14.0. The van der Waals surface area contributed by atoms with Crippen LogP contribution < -0.4 is 10.5 Å². The van der Waals surface area contributed by atoms with Gasteiger partial charge in [0.1, 0.15) is 5.75 Å². The molecule has 0 saturated carbocycles. The molecule has 0 saturated heterocycles. The molecular weight excluding hydrogens is 238 g/mol. The fourth-order valence-corrected chi connectivity index (χ4v) is 2.72. The molecule has 0 fully saturated rings. The quantitative estimate of drug-likeness (QED) is 0.905. The first-order chi connectivity index (χ1) is 9.02. The van der Waals surface area contributed by atoms with Crippen molar-refractivity contribution in [2.75, 3.05) is 13.7 Å². The van der Waals surface area contributed by atoms with E-state index in [0.29, 0.717) is 18.5 Å². The molecule has 0 aliphatic carbocycles. The van der Waals surface area contributed by atoms with Crippen molar-refractivity contribution >= 4 is 5.96 Å². The average Bonchev–Trinajstić information content (AvgIpc) is 2.75. The standard InChI is InChI=1S/C15H23N3O/c1-5-11(2)18-14(16)17-10-15(18,3)12-7-6-8-13(9-12)19-4/h6-9,11H,5,10H2,1-4H3,(H2,16,17). The number of nitrogens with zero attached hydrogens (tertiary/aromatic N) is 2. The van der Waals surface area contributed by atoms with Gasteiger partial charge in [0.05, 0.1) is 19.2 Å². The molecular formula is C15H23N3O. The van der Waals surface area contributed by atoms with E-state index < -0.39 is 0 Å². The number of aliphatic imine (C=N–C) groups is 1. The van der Waals surface area contributed by atoms with Crippen LogP contribution >= 0.6 is 0 Å². The minimum Gasteiger partial charge on any atom is -0.497 e. The van der Waals surface area contributed by atoms with Gasteiger partial charge in [-0.1, -0.05) is 19.1 Å². The lowest BCUT2D eigenvalue weighted by atomic mass is 9.89. The maximum atomic E-state index is 6.08. The highest BCUT2D eigenvalue weighted by atomic mass is 16.5. The van der Waals surface area contributed by atoms with Crippen LogP contribution in [0.15, 0.2) is 29.3 Å². The van der Waals surface area contributed by atoms with Gasteiger partial charge in [-0.25, -0.2) is 0 Å². The fourth-order valence-electron chi connectivity index (χ4n) is 2.72. The maximum absolute atomic E-state index is 6.08. The first-order valence-electron chi connectivity index (χ1n) is 6.76. The lowest BCUT2D eigenvalue weighted by molar-refractivity contribution is 0.171. The zero-order valence-electron chi connectivity index (χ0n) is 12.2. The third kappa shape index (κ3) is 2.27. The van der Waals surface area contributed by atoms with Crippen LogP contribution in [0.5, 0.6) is 5.75 Å². The van der Waals surface area contributed by atoms with Gasteiger partial charge in [-0.15, -0.1) is 0 Å². The van der Waals surface area contributed by atoms with E-state index in [0.717, 1.165) is 12.2 Å². The second-order valence-electron chi connectivity index (χ2n) is 5.31. The molecule has 0 radical (unpaired) electrons. The summed E-state index contributed by atoms with van der Waals surface area (Å²) in [4.78, 5) is 6.68. The molecule has 4 nitrogen and oxygen atoms in total. The van der Waals surface area contributed by atoms with Crippen molar-refractivity contribution in [2.24, 2.45) is 10.7 Å². The Kier molecular flexibility index (Phi) is 3.69. The SMILES string of the molecule is CCC(C)N1C(N)=NCC1(C)c1cccc(OC)c1. The van der Waals surface area contributed by atoms with Crippen LogP contribution in [-0.4, -0.2) is 30.6 Å². The molecule has 1 aliphatic rings. The average molecular weight is 261 g/mol. The lowest BCUT2D eigenvalue weighted by Crippen LogP contribution is -2.51. The van der Waals surface area contributed by atoms with Gasteiger partial charge in [0, 0.05) is 6.04 Å². The van der Waals surface area contributed by atoms with Gasteiger partial charge in [-0.05, 0) is 38.0 Å². The van der Waals surface area contributed by atoms with Crippen LogP contribution in [0.3, 0.4) is 0 Å². The van der Waals surface area contributed by atoms with Crippen molar-refractivity contribution in [1.29, 1.82) is 0 Å². The van der Waals surface area contributed by atoms with Gasteiger partial charge < -0.3 is 15.4 Å². The molecule has 0 bridgehead atoms. The molecule has 1 aromatic carbocycles. The predicted octanol–water partition coefficient (Wildman–Crippen LogP) is 2.34. The van der Waals surface area contributed by atoms with Crippen LogP contribution in [0, 0.1) is 0 Å². The smallest absolute Gasteiger partial charge is 0.192 e. The molecule has 2 atom stereocenters. The van der Waals surface area contributed by atoms with Crippen LogP contribution in [0.25, 0.3) is 0 Å². The third-order valence-electron chi connectivity index (χ3n) is 4.05. The van der Waals surface area contributed by atoms with Crippen molar-refractivity contribution < 1.29 is 4.74 Å². The molecule has 1 heterocycles. The molecule has 0 spiro atoms. The Morgan fingerprint density at radius 2 is 2.26 bits per heavy atom. The summed E-state index contributed by atoms with van der Waals surface area (Å²) in [6.45, 7) is 7.24. The van der Waals surface area contributed by atoms with Gasteiger partial charge in [0.15, 0.2) is 5.96 Å². The van der Waals surface area contributed by atoms with E-state index in [1.54, 1.807) is 7.11 Å². The number of benzene rings is 1. The second-order valence-corrected chi connectivity index (χ2v) is 5.31. The Hall–Kier alpha value is -1.71. The summed E-state index contributed by atoms with van der Waals surface area (Å²) in [5.41, 5.74) is 7.09. The summed E-state index contributed by atoms with van der Waals surface area (Å²) in [6.07, 6.45) is 1.04. The van der Waals surface area contributed by atoms with Crippen LogP contribution in [-0.2, 0) is 5.54 Å². The number of hydrogen-bond donors (Lipinski definition) is 1. The Labute approximate surface area is 115 Å². The van der Waals surface area contributed by atoms with E-state index in [1.807, 2.05) is 12.1 Å². The molecule has 2 N–H and O–H groups in total. The van der Waals surface area contributed by atoms with E-state index in [-0.39, 0.29) is 5.54 Å². The summed E-state index contributed by atoms with van der Waals surface area (Å²) in [5.74, 6) is 1.51. The summed E-state index contributed by atoms with van der Waals surface area (Å²) in [7, 11) is 1.69. The minimum absolute atomic E-state index is 0.186. The number of nitrogens with two attached hydrogens (primary N) is 1. The number of hydrogen-bond acceptors (Lipinski definition) is 4. The van der Waals surface area contributed by atoms with E-state index in [4.69, 9.17) is 10.5 Å². The second kappa shape index (κ2) is 5.11. The maximum Gasteiger partial charge on any atom is 0.192 e. The number of guanidine groups is 1. The Morgan fingerprint density at radius 3 is 2.89 bits per heavy atom. The number of rotatable bonds is 4. The van der Waals surface area contributed by atoms with Gasteiger partial charge in [-0.2, -0.15) is 0 Å². The number of methoxy groups -OCH3 is 1. The van der Waals surface area contributed by atoms with E-state index >= 15 is 0 Å². The third-order valence-corrected chi connectivity index (χ3v) is 4.05. The van der Waals surface area contributed by atoms with Gasteiger partial charge in [-0.3, -0.25) is 4.99 Å². The van der Waals surface area contributed by atoms with Crippen molar-refractivity contribution in [3.8, 4) is 5.75 Å². The van der Waals surface area contributed by atoms with E-state index in [2.05, 4.69) is 42.8 Å². The summed E-state index contributed by atoms with van der Waals surface area (Å²) in [5, 5.41) is 0. The molecule has 1 aliphatic heterocycles. The van der Waals surface area contributed by atoms with Crippen molar-refractivity contribution in [3.05, 3.63) is 29.8 Å². The highest BCUT2D eigenvalue weighted by molar-refractivity contribution is 5.81. The predicted molar refractivity (Wildman–Crippen MR) is 78.4 cm³/mol. The Bertz CT molecular complexity index is 486. The van der Waals surface area contributed by atoms with Crippen LogP contribution in [0.1, 0.15) is 32.8 Å². The molecule has 2 rings (SSSR count). The molecule has 0 aromatic heterocycles. The van der Waals surface area contributed by atoms with Crippen LogP contribution in [0.2, 0.25) is 0 Å². The van der Waals surface area contributed by atoms with E-state index in [1.165, 1.54) is 5.56 Å². The summed E-state index contributed by atoms with van der Waals surface area (Å²) in [6, 6.07) is 8.53. The summed E-state index contributed by atoms with van der Waals surface area (Å²) < 4.78 is 5.32. The fraction of sp³-hybridized carbons (Fsp3) is 0.533. The lowest BCUT2D eigenvalue weighted by Gasteiger charge is -2.40. The van der Waals surface area contributed by atoms with Gasteiger partial charge in [0.25, 0.3) is 0 Å². The van der Waals surface area contributed by atoms with Gasteiger partial charge in [0.2, 0.25) is 0 Å². The largest absolute Gasteiger partial charge is 0.497 e. The highest BCUT2D eigenvalue weighted by Crippen LogP contribution is 2.36. The van der Waals surface area contributed by atoms with Gasteiger partial charge >= 0.3 is 0 Å². The van der Waals surface area contributed by atoms with Crippen LogP contribution in [0.4, 0.5) is 0 Å². The Balaban J connectivity index is 2.40. The zero-order valence-corrected chi connectivity index (χ0v) is 12.2. The Morgan fingerprint density at radius 1 is 1.53 bits per heavy atom. The van der Waals surface area contributed by atoms with E-state index in [9.17, 15) is 0 Å². The van der Waals surface area contributed by atoms with Crippen molar-refractivity contribution in [2.45, 2.75) is 38.8 Å². The highest BCUT2D eigenvalue weighted by Gasteiger charge is 2.41. The molecule has 104 valence electrons. The summed E-state index contributed by atoms with van der Waals surface area (Å²) >= 11 is 0. The topological polar surface area (TPSA) is 50.8 Å². The first-order valence-corrected chi connectivity index (χ1v) is 6.76. The minimum atomic E-state index is -0.186. The molecule has 19 heavy (non-hydrogen) atoms.